The van der Waals surface area contributed by atoms with Gasteiger partial charge in [0.1, 0.15) is 11.5 Å². The third-order valence-corrected chi connectivity index (χ3v) is 4.44. The van der Waals surface area contributed by atoms with Gasteiger partial charge < -0.3 is 15.5 Å². The molecular formula is C18H23F3N4O. The number of carbonyl (C=O) groups excluding carboxylic acids is 1. The Morgan fingerprint density at radius 2 is 2.04 bits per heavy atom. The molecule has 0 saturated heterocycles. The minimum absolute atomic E-state index is 0.0812. The van der Waals surface area contributed by atoms with Crippen LogP contribution in [0.5, 0.6) is 0 Å². The van der Waals surface area contributed by atoms with Gasteiger partial charge in [0.15, 0.2) is 0 Å². The van der Waals surface area contributed by atoms with Crippen LogP contribution in [0.15, 0.2) is 35.8 Å². The van der Waals surface area contributed by atoms with E-state index in [9.17, 15) is 18.0 Å². The maximum atomic E-state index is 12.8. The van der Waals surface area contributed by atoms with Crippen molar-refractivity contribution in [1.29, 1.82) is 0 Å². The number of carbonyl (C=O) groups is 1. The molecule has 2 heterocycles. The summed E-state index contributed by atoms with van der Waals surface area (Å²) in [5, 5.41) is 5.91. The molecule has 0 saturated carbocycles. The number of likely N-dealkylation sites (N-methyl/N-ethyl adjacent to an activating group) is 1. The third kappa shape index (κ3) is 4.17. The summed E-state index contributed by atoms with van der Waals surface area (Å²) in [6, 6.07) is 1.05. The summed E-state index contributed by atoms with van der Waals surface area (Å²) in [5.41, 5.74) is -0.0375. The Kier molecular flexibility index (Phi) is 5.63. The van der Waals surface area contributed by atoms with Gasteiger partial charge >= 0.3 is 6.18 Å². The number of nitrogens with one attached hydrogen (secondary N) is 2. The van der Waals surface area contributed by atoms with E-state index in [2.05, 4.69) is 20.5 Å². The van der Waals surface area contributed by atoms with Crippen molar-refractivity contribution >= 4 is 5.91 Å². The highest BCUT2D eigenvalue weighted by Gasteiger charge is 2.34. The number of amides is 1. The van der Waals surface area contributed by atoms with Gasteiger partial charge in [-0.05, 0) is 44.1 Å². The molecule has 1 aliphatic rings. The highest BCUT2D eigenvalue weighted by molar-refractivity contribution is 5.94. The molecule has 1 aliphatic heterocycles. The third-order valence-electron chi connectivity index (χ3n) is 4.44. The fourth-order valence-corrected chi connectivity index (χ4v) is 2.79. The normalized spacial score (nSPS) is 18.8. The van der Waals surface area contributed by atoms with E-state index in [1.165, 1.54) is 13.0 Å². The fraction of sp³-hybridized carbons (Fsp3) is 0.444. The number of rotatable bonds is 4. The fourth-order valence-electron chi connectivity index (χ4n) is 2.79. The summed E-state index contributed by atoms with van der Waals surface area (Å²) < 4.78 is 38.4. The first-order valence-corrected chi connectivity index (χ1v) is 8.23. The highest BCUT2D eigenvalue weighted by atomic mass is 19.4. The van der Waals surface area contributed by atoms with Gasteiger partial charge in [-0.1, -0.05) is 6.08 Å². The summed E-state index contributed by atoms with van der Waals surface area (Å²) >= 11 is 0. The van der Waals surface area contributed by atoms with Crippen LogP contribution >= 0.6 is 0 Å². The van der Waals surface area contributed by atoms with Gasteiger partial charge in [0.25, 0.3) is 5.91 Å². The molecule has 2 N–H and O–H groups in total. The molecule has 0 spiro atoms. The molecule has 8 heteroatoms. The van der Waals surface area contributed by atoms with Crippen LogP contribution in [0.1, 0.15) is 35.5 Å². The lowest BCUT2D eigenvalue weighted by Gasteiger charge is -2.33. The molecule has 0 aliphatic carbocycles. The Hall–Kier alpha value is -2.51. The Labute approximate surface area is 151 Å². The van der Waals surface area contributed by atoms with Crippen molar-refractivity contribution in [3.8, 4) is 0 Å². The van der Waals surface area contributed by atoms with Crippen molar-refractivity contribution in [2.45, 2.75) is 39.0 Å². The molecular weight excluding hydrogens is 345 g/mol. The summed E-state index contributed by atoms with van der Waals surface area (Å²) in [4.78, 5) is 17.9. The number of hydrogen-bond donors (Lipinski definition) is 2. The van der Waals surface area contributed by atoms with Crippen molar-refractivity contribution in [3.63, 3.8) is 0 Å². The van der Waals surface area contributed by atoms with Gasteiger partial charge in [0.2, 0.25) is 0 Å². The number of halogens is 3. The second-order valence-electron chi connectivity index (χ2n) is 6.38. The lowest BCUT2D eigenvalue weighted by molar-refractivity contribution is -0.141. The summed E-state index contributed by atoms with van der Waals surface area (Å²) in [7, 11) is 3.78. The average molecular weight is 368 g/mol. The Morgan fingerprint density at radius 1 is 1.38 bits per heavy atom. The number of aryl methyl sites for hydroxylation is 1. The average Bonchev–Trinajstić information content (AvgIpc) is 2.55. The molecule has 1 aromatic rings. The van der Waals surface area contributed by atoms with Gasteiger partial charge in [-0.25, -0.2) is 0 Å². The van der Waals surface area contributed by atoms with Crippen molar-refractivity contribution in [1.82, 2.24) is 20.5 Å². The first-order chi connectivity index (χ1) is 12.0. The second kappa shape index (κ2) is 7.39. The molecule has 26 heavy (non-hydrogen) atoms. The molecule has 2 unspecified atom stereocenters. The predicted octanol–water partition coefficient (Wildman–Crippen LogP) is 2.85. The summed E-state index contributed by atoms with van der Waals surface area (Å²) in [6.07, 6.45) is 0.386. The monoisotopic (exact) mass is 368 g/mol. The smallest absolute Gasteiger partial charge is 0.375 e. The van der Waals surface area contributed by atoms with E-state index in [0.29, 0.717) is 0 Å². The van der Waals surface area contributed by atoms with E-state index < -0.39 is 17.8 Å². The van der Waals surface area contributed by atoms with Crippen molar-refractivity contribution in [2.75, 3.05) is 14.1 Å². The number of hydrogen-bond acceptors (Lipinski definition) is 4. The number of aromatic nitrogens is 1. The van der Waals surface area contributed by atoms with Crippen LogP contribution in [0, 0.1) is 6.92 Å². The quantitative estimate of drug-likeness (QED) is 0.858. The molecule has 0 radical (unpaired) electrons. The molecule has 1 aromatic heterocycles. The van der Waals surface area contributed by atoms with Gasteiger partial charge in [-0.15, -0.1) is 0 Å². The summed E-state index contributed by atoms with van der Waals surface area (Å²) in [5.74, 6) is 0.455. The van der Waals surface area contributed by atoms with E-state index in [4.69, 9.17) is 0 Å². The molecule has 2 rings (SSSR count). The maximum absolute atomic E-state index is 12.8. The lowest BCUT2D eigenvalue weighted by atomic mass is 10.0. The van der Waals surface area contributed by atoms with E-state index >= 15 is 0 Å². The van der Waals surface area contributed by atoms with E-state index in [1.54, 1.807) is 0 Å². The van der Waals surface area contributed by atoms with Crippen LogP contribution in [0.4, 0.5) is 13.2 Å². The van der Waals surface area contributed by atoms with Crippen molar-refractivity contribution < 1.29 is 18.0 Å². The van der Waals surface area contributed by atoms with Gasteiger partial charge in [0, 0.05) is 26.3 Å². The largest absolute Gasteiger partial charge is 0.433 e. The van der Waals surface area contributed by atoms with Crippen LogP contribution in [0.25, 0.3) is 0 Å². The van der Waals surface area contributed by atoms with Gasteiger partial charge in [-0.3, -0.25) is 9.78 Å². The molecule has 0 aromatic carbocycles. The standard InChI is InChI=1S/C18H23F3N4O/c1-10-6-14(9-23-16(10)18(19,20)21)17(26)24-12(3)13-7-11(2)25(5)15(8-13)22-4/h6-9,11-12,22H,1-5H3,(H,24,26). The number of pyridine rings is 1. The summed E-state index contributed by atoms with van der Waals surface area (Å²) in [6.45, 7) is 5.15. The van der Waals surface area contributed by atoms with Crippen molar-refractivity contribution in [2.24, 2.45) is 0 Å². The second-order valence-corrected chi connectivity index (χ2v) is 6.38. The van der Waals surface area contributed by atoms with Crippen molar-refractivity contribution in [3.05, 3.63) is 52.6 Å². The first-order valence-electron chi connectivity index (χ1n) is 8.23. The van der Waals surface area contributed by atoms with Crippen LogP contribution < -0.4 is 10.6 Å². The minimum Gasteiger partial charge on any atom is -0.375 e. The van der Waals surface area contributed by atoms with E-state index in [-0.39, 0.29) is 23.2 Å². The first kappa shape index (κ1) is 19.8. The highest BCUT2D eigenvalue weighted by Crippen LogP contribution is 2.30. The minimum atomic E-state index is -4.53. The van der Waals surface area contributed by atoms with E-state index in [0.717, 1.165) is 17.6 Å². The zero-order valence-corrected chi connectivity index (χ0v) is 15.4. The van der Waals surface area contributed by atoms with Crippen LogP contribution in [0.3, 0.4) is 0 Å². The van der Waals surface area contributed by atoms with Crippen LogP contribution in [0.2, 0.25) is 0 Å². The topological polar surface area (TPSA) is 57.3 Å². The van der Waals surface area contributed by atoms with Gasteiger partial charge in [-0.2, -0.15) is 13.2 Å². The molecule has 142 valence electrons. The molecule has 5 nitrogen and oxygen atoms in total. The Bertz CT molecular complexity index is 755. The zero-order valence-electron chi connectivity index (χ0n) is 15.4. The molecule has 1 amide bonds. The number of nitrogens with zero attached hydrogens (tertiary/aromatic N) is 2. The van der Waals surface area contributed by atoms with E-state index in [1.807, 2.05) is 40.1 Å². The molecule has 2 atom stereocenters. The van der Waals surface area contributed by atoms with Gasteiger partial charge in [0.05, 0.1) is 11.6 Å². The molecule has 0 bridgehead atoms. The number of alkyl halides is 3. The maximum Gasteiger partial charge on any atom is 0.433 e. The van der Waals surface area contributed by atoms with Crippen LogP contribution in [-0.4, -0.2) is 42.0 Å². The Morgan fingerprint density at radius 3 is 2.58 bits per heavy atom. The lowest BCUT2D eigenvalue weighted by Crippen LogP contribution is -2.39. The molecule has 0 fully saturated rings. The predicted molar refractivity (Wildman–Crippen MR) is 93.4 cm³/mol. The Balaban J connectivity index is 2.16. The zero-order chi connectivity index (χ0) is 19.6. The van der Waals surface area contributed by atoms with Crippen LogP contribution in [-0.2, 0) is 6.18 Å². The SMILES string of the molecule is CNC1=CC(C(C)NC(=O)c2cnc(C(F)(F)F)c(C)c2)=CC(C)N1C.